The maximum absolute atomic E-state index is 10.1. The largest absolute Gasteiger partial charge is 0.392 e. The average molecular weight is 200 g/mol. The van der Waals surface area contributed by atoms with Gasteiger partial charge in [0.15, 0.2) is 0 Å². The van der Waals surface area contributed by atoms with E-state index in [-0.39, 0.29) is 12.2 Å². The first-order chi connectivity index (χ1) is 6.60. The third kappa shape index (κ3) is 2.48. The summed E-state index contributed by atoms with van der Waals surface area (Å²) in [5, 5.41) is 10.1. The summed E-state index contributed by atoms with van der Waals surface area (Å²) in [4.78, 5) is 0. The van der Waals surface area contributed by atoms with Gasteiger partial charge in [-0.15, -0.1) is 0 Å². The van der Waals surface area contributed by atoms with Crippen molar-refractivity contribution in [2.45, 2.75) is 65.3 Å². The first kappa shape index (κ1) is 12.0. The van der Waals surface area contributed by atoms with Crippen LogP contribution in [0.1, 0.15) is 47.0 Å². The molecule has 1 aliphatic heterocycles. The predicted octanol–water partition coefficient (Wildman–Crippen LogP) is 2.60. The van der Waals surface area contributed by atoms with Crippen molar-refractivity contribution in [3.8, 4) is 0 Å². The van der Waals surface area contributed by atoms with Crippen molar-refractivity contribution in [3.05, 3.63) is 0 Å². The molecule has 0 spiro atoms. The van der Waals surface area contributed by atoms with Crippen molar-refractivity contribution < 1.29 is 9.84 Å². The van der Waals surface area contributed by atoms with Crippen LogP contribution in [0.5, 0.6) is 0 Å². The molecule has 1 heterocycles. The number of rotatable bonds is 4. The minimum absolute atomic E-state index is 0.198. The molecule has 2 nitrogen and oxygen atoms in total. The van der Waals surface area contributed by atoms with Crippen LogP contribution in [0.25, 0.3) is 0 Å². The van der Waals surface area contributed by atoms with E-state index < -0.39 is 0 Å². The molecule has 0 aliphatic carbocycles. The summed E-state index contributed by atoms with van der Waals surface area (Å²) in [7, 11) is 0. The number of ether oxygens (including phenoxy) is 1. The zero-order chi connectivity index (χ0) is 10.7. The molecule has 0 aromatic carbocycles. The number of aliphatic hydroxyl groups is 1. The van der Waals surface area contributed by atoms with Gasteiger partial charge in [-0.3, -0.25) is 0 Å². The zero-order valence-corrected chi connectivity index (χ0v) is 9.86. The minimum atomic E-state index is -0.198. The highest BCUT2D eigenvalue weighted by atomic mass is 16.5. The smallest absolute Gasteiger partial charge is 0.0630 e. The van der Waals surface area contributed by atoms with Crippen molar-refractivity contribution in [1.82, 2.24) is 0 Å². The Kier molecular flexibility index (Phi) is 4.39. The summed E-state index contributed by atoms with van der Waals surface area (Å²) in [6.07, 6.45) is 3.57. The Balaban J connectivity index is 2.58. The fourth-order valence-corrected chi connectivity index (χ4v) is 2.37. The van der Waals surface area contributed by atoms with E-state index in [0.29, 0.717) is 17.9 Å². The maximum atomic E-state index is 10.1. The van der Waals surface area contributed by atoms with E-state index in [2.05, 4.69) is 27.7 Å². The third-order valence-corrected chi connectivity index (χ3v) is 3.36. The van der Waals surface area contributed by atoms with E-state index in [4.69, 9.17) is 4.74 Å². The molecule has 84 valence electrons. The van der Waals surface area contributed by atoms with E-state index in [9.17, 15) is 5.11 Å². The lowest BCUT2D eigenvalue weighted by Gasteiger charge is -2.25. The summed E-state index contributed by atoms with van der Waals surface area (Å²) in [5.74, 6) is 0.693. The van der Waals surface area contributed by atoms with Gasteiger partial charge in [0.25, 0.3) is 0 Å². The Morgan fingerprint density at radius 1 is 1.29 bits per heavy atom. The van der Waals surface area contributed by atoms with Crippen LogP contribution in [-0.4, -0.2) is 23.4 Å². The van der Waals surface area contributed by atoms with Gasteiger partial charge in [0, 0.05) is 5.92 Å². The van der Waals surface area contributed by atoms with Crippen LogP contribution < -0.4 is 0 Å². The van der Waals surface area contributed by atoms with E-state index in [1.54, 1.807) is 0 Å². The first-order valence-corrected chi connectivity index (χ1v) is 5.93. The molecule has 14 heavy (non-hydrogen) atoms. The molecule has 0 aromatic rings. The highest BCUT2D eigenvalue weighted by molar-refractivity contribution is 4.86. The monoisotopic (exact) mass is 200 g/mol. The van der Waals surface area contributed by atoms with Gasteiger partial charge in [0.1, 0.15) is 0 Å². The summed E-state index contributed by atoms with van der Waals surface area (Å²) in [6, 6.07) is 0. The van der Waals surface area contributed by atoms with Gasteiger partial charge in [-0.1, -0.05) is 27.7 Å². The molecule has 0 bridgehead atoms. The van der Waals surface area contributed by atoms with Crippen molar-refractivity contribution in [1.29, 1.82) is 0 Å². The van der Waals surface area contributed by atoms with E-state index >= 15 is 0 Å². The van der Waals surface area contributed by atoms with Crippen molar-refractivity contribution in [2.24, 2.45) is 11.8 Å². The third-order valence-electron chi connectivity index (χ3n) is 3.36. The molecule has 4 unspecified atom stereocenters. The van der Waals surface area contributed by atoms with E-state index in [1.807, 2.05) is 0 Å². The number of hydrogen-bond acceptors (Lipinski definition) is 2. The molecule has 0 amide bonds. The lowest BCUT2D eigenvalue weighted by molar-refractivity contribution is -0.00764. The molecule has 4 atom stereocenters. The van der Waals surface area contributed by atoms with Crippen LogP contribution >= 0.6 is 0 Å². The van der Waals surface area contributed by atoms with Gasteiger partial charge >= 0.3 is 0 Å². The molecule has 1 aliphatic rings. The highest BCUT2D eigenvalue weighted by Crippen LogP contribution is 2.34. The van der Waals surface area contributed by atoms with Crippen molar-refractivity contribution >= 4 is 0 Å². The Bertz CT molecular complexity index is 168. The van der Waals surface area contributed by atoms with Gasteiger partial charge in [-0.25, -0.2) is 0 Å². The van der Waals surface area contributed by atoms with Gasteiger partial charge < -0.3 is 9.84 Å². The summed E-state index contributed by atoms with van der Waals surface area (Å²) in [5.41, 5.74) is 0. The normalized spacial score (nSPS) is 35.1. The Morgan fingerprint density at radius 3 is 2.36 bits per heavy atom. The second-order valence-corrected chi connectivity index (χ2v) is 4.75. The Morgan fingerprint density at radius 2 is 1.93 bits per heavy atom. The second kappa shape index (κ2) is 5.13. The lowest BCUT2D eigenvalue weighted by Crippen LogP contribution is -2.31. The van der Waals surface area contributed by atoms with Crippen LogP contribution in [0.3, 0.4) is 0 Å². The van der Waals surface area contributed by atoms with Gasteiger partial charge in [0.05, 0.1) is 18.3 Å². The van der Waals surface area contributed by atoms with Crippen molar-refractivity contribution in [2.75, 3.05) is 0 Å². The second-order valence-electron chi connectivity index (χ2n) is 4.75. The Labute approximate surface area is 87.7 Å². The SMILES string of the molecule is CCC1CC(C(O)C(C)C)C(CC)O1. The molecular weight excluding hydrogens is 176 g/mol. The predicted molar refractivity (Wildman–Crippen MR) is 58.2 cm³/mol. The average Bonchev–Trinajstić information content (AvgIpc) is 2.59. The van der Waals surface area contributed by atoms with Gasteiger partial charge in [0.2, 0.25) is 0 Å². The molecule has 1 saturated heterocycles. The fraction of sp³-hybridized carbons (Fsp3) is 1.00. The van der Waals surface area contributed by atoms with Crippen LogP contribution in [0.4, 0.5) is 0 Å². The Hall–Kier alpha value is -0.0800. The van der Waals surface area contributed by atoms with Crippen LogP contribution in [0.2, 0.25) is 0 Å². The molecule has 2 heteroatoms. The van der Waals surface area contributed by atoms with Crippen LogP contribution in [0.15, 0.2) is 0 Å². The molecule has 1 fully saturated rings. The molecule has 1 N–H and O–H groups in total. The number of hydrogen-bond donors (Lipinski definition) is 1. The molecular formula is C12H24O2. The van der Waals surface area contributed by atoms with Crippen LogP contribution in [0, 0.1) is 11.8 Å². The van der Waals surface area contributed by atoms with E-state index in [0.717, 1.165) is 19.3 Å². The van der Waals surface area contributed by atoms with Gasteiger partial charge in [-0.05, 0) is 25.2 Å². The van der Waals surface area contributed by atoms with Crippen molar-refractivity contribution in [3.63, 3.8) is 0 Å². The highest BCUT2D eigenvalue weighted by Gasteiger charge is 2.38. The minimum Gasteiger partial charge on any atom is -0.392 e. The maximum Gasteiger partial charge on any atom is 0.0630 e. The molecule has 0 saturated carbocycles. The van der Waals surface area contributed by atoms with Gasteiger partial charge in [-0.2, -0.15) is 0 Å². The number of aliphatic hydroxyl groups excluding tert-OH is 1. The first-order valence-electron chi connectivity index (χ1n) is 5.93. The standard InChI is InChI=1S/C12H24O2/c1-5-9-7-10(11(6-2)14-9)12(13)8(3)4/h8-13H,5-7H2,1-4H3. The summed E-state index contributed by atoms with van der Waals surface area (Å²) < 4.78 is 5.88. The fourth-order valence-electron chi connectivity index (χ4n) is 2.37. The zero-order valence-electron chi connectivity index (χ0n) is 9.86. The molecule has 0 aromatic heterocycles. The van der Waals surface area contributed by atoms with Crippen LogP contribution in [-0.2, 0) is 4.74 Å². The molecule has 1 rings (SSSR count). The summed E-state index contributed by atoms with van der Waals surface area (Å²) in [6.45, 7) is 8.46. The summed E-state index contributed by atoms with van der Waals surface area (Å²) >= 11 is 0. The molecule has 0 radical (unpaired) electrons. The lowest BCUT2D eigenvalue weighted by atomic mass is 9.86. The quantitative estimate of drug-likeness (QED) is 0.756. The van der Waals surface area contributed by atoms with E-state index in [1.165, 1.54) is 0 Å². The topological polar surface area (TPSA) is 29.5 Å².